The summed E-state index contributed by atoms with van der Waals surface area (Å²) in [5.74, 6) is 1.13. The van der Waals surface area contributed by atoms with Crippen LogP contribution in [-0.4, -0.2) is 20.2 Å². The van der Waals surface area contributed by atoms with E-state index < -0.39 is 5.97 Å². The van der Waals surface area contributed by atoms with Crippen LogP contribution in [-0.2, 0) is 0 Å². The standard InChI is InChI=1S/C21H20O4/c1-13-9-10-15-16(11-13)19(23-3)12-17(20(15)24-4)21(22)25-18-8-6-5-7-14(18)2/h5-12H,1-4H3. The highest BCUT2D eigenvalue weighted by atomic mass is 16.5. The van der Waals surface area contributed by atoms with Crippen LogP contribution < -0.4 is 14.2 Å². The van der Waals surface area contributed by atoms with Crippen molar-refractivity contribution in [3.05, 3.63) is 65.2 Å². The number of aryl methyl sites for hydroxylation is 2. The zero-order valence-electron chi connectivity index (χ0n) is 14.8. The molecule has 4 heteroatoms. The summed E-state index contributed by atoms with van der Waals surface area (Å²) in [6, 6.07) is 15.0. The molecule has 0 unspecified atom stereocenters. The third-order valence-corrected chi connectivity index (χ3v) is 4.15. The first kappa shape index (κ1) is 16.8. The zero-order chi connectivity index (χ0) is 18.0. The maximum absolute atomic E-state index is 12.8. The Bertz CT molecular complexity index is 944. The minimum absolute atomic E-state index is 0.332. The molecule has 0 fully saturated rings. The highest BCUT2D eigenvalue weighted by Crippen LogP contribution is 2.37. The van der Waals surface area contributed by atoms with Crippen LogP contribution in [0.4, 0.5) is 0 Å². The Morgan fingerprint density at radius 3 is 2.28 bits per heavy atom. The molecule has 0 aliphatic rings. The maximum atomic E-state index is 12.8. The molecule has 3 aromatic carbocycles. The van der Waals surface area contributed by atoms with Crippen molar-refractivity contribution < 1.29 is 19.0 Å². The average Bonchev–Trinajstić information content (AvgIpc) is 2.62. The lowest BCUT2D eigenvalue weighted by atomic mass is 10.0. The molecule has 3 aromatic rings. The number of hydrogen-bond acceptors (Lipinski definition) is 4. The van der Waals surface area contributed by atoms with Gasteiger partial charge in [-0.1, -0.05) is 35.9 Å². The largest absolute Gasteiger partial charge is 0.496 e. The summed E-state index contributed by atoms with van der Waals surface area (Å²) in [5.41, 5.74) is 2.32. The Balaban J connectivity index is 2.13. The van der Waals surface area contributed by atoms with Crippen molar-refractivity contribution >= 4 is 16.7 Å². The summed E-state index contributed by atoms with van der Waals surface area (Å²) in [4.78, 5) is 12.8. The molecule has 128 valence electrons. The molecule has 0 atom stereocenters. The molecule has 25 heavy (non-hydrogen) atoms. The molecule has 0 aliphatic heterocycles. The van der Waals surface area contributed by atoms with Crippen molar-refractivity contribution in [1.29, 1.82) is 0 Å². The molecular formula is C21H20O4. The summed E-state index contributed by atoms with van der Waals surface area (Å²) in [5, 5.41) is 1.70. The second-order valence-corrected chi connectivity index (χ2v) is 5.86. The molecule has 3 rings (SSSR count). The van der Waals surface area contributed by atoms with Crippen LogP contribution in [0, 0.1) is 13.8 Å². The van der Waals surface area contributed by atoms with Crippen molar-refractivity contribution in [2.75, 3.05) is 14.2 Å². The fourth-order valence-electron chi connectivity index (χ4n) is 2.85. The van der Waals surface area contributed by atoms with Gasteiger partial charge in [0.05, 0.1) is 14.2 Å². The fourth-order valence-corrected chi connectivity index (χ4v) is 2.85. The van der Waals surface area contributed by atoms with E-state index in [0.29, 0.717) is 22.8 Å². The Kier molecular flexibility index (Phi) is 4.61. The van der Waals surface area contributed by atoms with Crippen LogP contribution >= 0.6 is 0 Å². The molecule has 0 spiro atoms. The van der Waals surface area contributed by atoms with Gasteiger partial charge in [-0.05, 0) is 37.6 Å². The molecule has 0 heterocycles. The Hall–Kier alpha value is -3.01. The number of ether oxygens (including phenoxy) is 3. The van der Waals surface area contributed by atoms with Crippen molar-refractivity contribution in [1.82, 2.24) is 0 Å². The van der Waals surface area contributed by atoms with Gasteiger partial charge in [0.1, 0.15) is 22.8 Å². The fraction of sp³-hybridized carbons (Fsp3) is 0.190. The number of carbonyl (C=O) groups is 1. The normalized spacial score (nSPS) is 10.6. The van der Waals surface area contributed by atoms with Gasteiger partial charge in [0, 0.05) is 10.8 Å². The van der Waals surface area contributed by atoms with Crippen LogP contribution in [0.1, 0.15) is 21.5 Å². The predicted octanol–water partition coefficient (Wildman–Crippen LogP) is 4.69. The van der Waals surface area contributed by atoms with Crippen LogP contribution in [0.3, 0.4) is 0 Å². The lowest BCUT2D eigenvalue weighted by Crippen LogP contribution is -2.11. The van der Waals surface area contributed by atoms with Gasteiger partial charge >= 0.3 is 5.97 Å². The third kappa shape index (κ3) is 3.15. The van der Waals surface area contributed by atoms with Crippen molar-refractivity contribution in [2.45, 2.75) is 13.8 Å². The molecule has 0 saturated carbocycles. The zero-order valence-corrected chi connectivity index (χ0v) is 14.8. The molecule has 0 N–H and O–H groups in total. The topological polar surface area (TPSA) is 44.8 Å². The highest BCUT2D eigenvalue weighted by Gasteiger charge is 2.21. The van der Waals surface area contributed by atoms with E-state index >= 15 is 0 Å². The number of carbonyl (C=O) groups excluding carboxylic acids is 1. The summed E-state index contributed by atoms with van der Waals surface area (Å²) < 4.78 is 16.6. The van der Waals surface area contributed by atoms with E-state index in [0.717, 1.165) is 21.9 Å². The number of fused-ring (bicyclic) bond motifs is 1. The summed E-state index contributed by atoms with van der Waals surface area (Å²) in [6.45, 7) is 3.90. The molecule has 0 amide bonds. The minimum Gasteiger partial charge on any atom is -0.496 e. The summed E-state index contributed by atoms with van der Waals surface area (Å²) in [6.07, 6.45) is 0. The molecule has 0 aromatic heterocycles. The Labute approximate surface area is 146 Å². The second kappa shape index (κ2) is 6.85. The van der Waals surface area contributed by atoms with E-state index in [-0.39, 0.29) is 0 Å². The average molecular weight is 336 g/mol. The van der Waals surface area contributed by atoms with Gasteiger partial charge in [-0.3, -0.25) is 0 Å². The van der Waals surface area contributed by atoms with Crippen LogP contribution in [0.15, 0.2) is 48.5 Å². The van der Waals surface area contributed by atoms with E-state index in [1.807, 2.05) is 50.2 Å². The lowest BCUT2D eigenvalue weighted by molar-refractivity contribution is 0.0730. The number of benzene rings is 3. The molecule has 0 bridgehead atoms. The minimum atomic E-state index is -0.480. The van der Waals surface area contributed by atoms with E-state index in [1.54, 1.807) is 26.4 Å². The van der Waals surface area contributed by atoms with Gasteiger partial charge in [0.2, 0.25) is 0 Å². The number of hydrogen-bond donors (Lipinski definition) is 0. The first-order chi connectivity index (χ1) is 12.0. The second-order valence-electron chi connectivity index (χ2n) is 5.86. The lowest BCUT2D eigenvalue weighted by Gasteiger charge is -2.15. The highest BCUT2D eigenvalue weighted by molar-refractivity contribution is 6.05. The quantitative estimate of drug-likeness (QED) is 0.512. The van der Waals surface area contributed by atoms with Crippen molar-refractivity contribution in [3.63, 3.8) is 0 Å². The molecule has 4 nitrogen and oxygen atoms in total. The first-order valence-corrected chi connectivity index (χ1v) is 7.98. The van der Waals surface area contributed by atoms with Gasteiger partial charge in [-0.2, -0.15) is 0 Å². The Morgan fingerprint density at radius 2 is 1.60 bits per heavy atom. The number of rotatable bonds is 4. The van der Waals surface area contributed by atoms with E-state index in [9.17, 15) is 4.79 Å². The third-order valence-electron chi connectivity index (χ3n) is 4.15. The molecule has 0 aliphatic carbocycles. The van der Waals surface area contributed by atoms with Crippen LogP contribution in [0.25, 0.3) is 10.8 Å². The van der Waals surface area contributed by atoms with Crippen LogP contribution in [0.5, 0.6) is 17.2 Å². The van der Waals surface area contributed by atoms with E-state index in [4.69, 9.17) is 14.2 Å². The van der Waals surface area contributed by atoms with Crippen molar-refractivity contribution in [3.8, 4) is 17.2 Å². The molecule has 0 saturated heterocycles. The van der Waals surface area contributed by atoms with Gasteiger partial charge in [-0.25, -0.2) is 4.79 Å². The summed E-state index contributed by atoms with van der Waals surface area (Å²) >= 11 is 0. The number of methoxy groups -OCH3 is 2. The van der Waals surface area contributed by atoms with E-state index in [2.05, 4.69) is 0 Å². The SMILES string of the molecule is COc1cc(C(=O)Oc2ccccc2C)c(OC)c2ccc(C)cc12. The molecule has 0 radical (unpaired) electrons. The molecular weight excluding hydrogens is 316 g/mol. The first-order valence-electron chi connectivity index (χ1n) is 7.98. The smallest absolute Gasteiger partial charge is 0.347 e. The monoisotopic (exact) mass is 336 g/mol. The van der Waals surface area contributed by atoms with Crippen LogP contribution in [0.2, 0.25) is 0 Å². The van der Waals surface area contributed by atoms with Gasteiger partial charge in [-0.15, -0.1) is 0 Å². The summed E-state index contributed by atoms with van der Waals surface area (Å²) in [7, 11) is 3.13. The number of esters is 1. The van der Waals surface area contributed by atoms with Gasteiger partial charge in [0.25, 0.3) is 0 Å². The van der Waals surface area contributed by atoms with Gasteiger partial charge < -0.3 is 14.2 Å². The van der Waals surface area contributed by atoms with E-state index in [1.165, 1.54) is 0 Å². The number of para-hydroxylation sites is 1. The maximum Gasteiger partial charge on any atom is 0.347 e. The predicted molar refractivity (Wildman–Crippen MR) is 97.9 cm³/mol. The van der Waals surface area contributed by atoms with Gasteiger partial charge in [0.15, 0.2) is 0 Å². The Morgan fingerprint density at radius 1 is 0.840 bits per heavy atom. The van der Waals surface area contributed by atoms with Crippen molar-refractivity contribution in [2.24, 2.45) is 0 Å².